The van der Waals surface area contributed by atoms with Gasteiger partial charge in [-0.25, -0.2) is 0 Å². The van der Waals surface area contributed by atoms with E-state index in [1.165, 1.54) is 0 Å². The fourth-order valence-corrected chi connectivity index (χ4v) is 1.31. The molecule has 64 valence electrons. The van der Waals surface area contributed by atoms with E-state index in [-0.39, 0.29) is 11.3 Å². The summed E-state index contributed by atoms with van der Waals surface area (Å²) in [5.41, 5.74) is 0.145. The van der Waals surface area contributed by atoms with E-state index >= 15 is 0 Å². The summed E-state index contributed by atoms with van der Waals surface area (Å²) in [4.78, 5) is 10.7. The molecule has 2 N–H and O–H groups in total. The number of nitrogens with one attached hydrogen (secondary N) is 2. The van der Waals surface area contributed by atoms with Crippen LogP contribution >= 0.6 is 0 Å². The molecule has 0 aliphatic carbocycles. The Labute approximate surface area is 67.5 Å². The molecule has 0 amide bonds. The number of rotatable bonds is 3. The standard InChI is InChI=1S/C8H16N2O/c1-7(11)5-10-8(2)3-4-9-6-8/h9-10H,3-6H2,1-2H3/t8-/m0/s1. The molecule has 1 aliphatic rings. The summed E-state index contributed by atoms with van der Waals surface area (Å²) in [6.45, 7) is 6.29. The lowest BCUT2D eigenvalue weighted by Crippen LogP contribution is -2.46. The third-order valence-electron chi connectivity index (χ3n) is 2.13. The zero-order valence-corrected chi connectivity index (χ0v) is 7.24. The Morgan fingerprint density at radius 3 is 2.91 bits per heavy atom. The molecule has 3 heteroatoms. The van der Waals surface area contributed by atoms with Crippen molar-refractivity contribution in [1.29, 1.82) is 0 Å². The Hall–Kier alpha value is -0.410. The molecule has 11 heavy (non-hydrogen) atoms. The zero-order valence-electron chi connectivity index (χ0n) is 7.24. The second-order valence-corrected chi connectivity index (χ2v) is 3.54. The van der Waals surface area contributed by atoms with Gasteiger partial charge in [0.2, 0.25) is 0 Å². The summed E-state index contributed by atoms with van der Waals surface area (Å²) in [7, 11) is 0. The molecule has 1 saturated heterocycles. The lowest BCUT2D eigenvalue weighted by atomic mass is 10.0. The minimum Gasteiger partial charge on any atom is -0.315 e. The summed E-state index contributed by atoms with van der Waals surface area (Å²) in [6, 6.07) is 0. The van der Waals surface area contributed by atoms with Crippen molar-refractivity contribution >= 4 is 5.78 Å². The van der Waals surface area contributed by atoms with Gasteiger partial charge in [-0.1, -0.05) is 0 Å². The maximum absolute atomic E-state index is 10.7. The highest BCUT2D eigenvalue weighted by Crippen LogP contribution is 2.12. The van der Waals surface area contributed by atoms with Gasteiger partial charge in [-0.05, 0) is 26.8 Å². The zero-order chi connectivity index (χ0) is 8.32. The van der Waals surface area contributed by atoms with Crippen molar-refractivity contribution in [3.05, 3.63) is 0 Å². The topological polar surface area (TPSA) is 41.1 Å². The van der Waals surface area contributed by atoms with Gasteiger partial charge in [0.25, 0.3) is 0 Å². The first-order valence-corrected chi connectivity index (χ1v) is 4.08. The van der Waals surface area contributed by atoms with Crippen LogP contribution in [0.5, 0.6) is 0 Å². The van der Waals surface area contributed by atoms with E-state index < -0.39 is 0 Å². The van der Waals surface area contributed by atoms with Crippen molar-refractivity contribution in [1.82, 2.24) is 10.6 Å². The van der Waals surface area contributed by atoms with Crippen LogP contribution in [0.2, 0.25) is 0 Å². The number of Topliss-reactive ketones (excluding diaryl/α,β-unsaturated/α-hetero) is 1. The normalized spacial score (nSPS) is 30.7. The maximum atomic E-state index is 10.7. The number of hydrogen-bond donors (Lipinski definition) is 2. The van der Waals surface area contributed by atoms with Gasteiger partial charge in [0, 0.05) is 12.1 Å². The van der Waals surface area contributed by atoms with Crippen molar-refractivity contribution in [3.63, 3.8) is 0 Å². The van der Waals surface area contributed by atoms with E-state index in [0.29, 0.717) is 6.54 Å². The van der Waals surface area contributed by atoms with Gasteiger partial charge in [0.05, 0.1) is 6.54 Å². The molecule has 0 saturated carbocycles. The number of hydrogen-bond acceptors (Lipinski definition) is 3. The van der Waals surface area contributed by atoms with Crippen LogP contribution in [0, 0.1) is 0 Å². The highest BCUT2D eigenvalue weighted by atomic mass is 16.1. The average Bonchev–Trinajstić information content (AvgIpc) is 2.33. The van der Waals surface area contributed by atoms with E-state index in [4.69, 9.17) is 0 Å². The predicted octanol–water partition coefficient (Wildman–Crippen LogP) is -0.0830. The molecule has 3 nitrogen and oxygen atoms in total. The average molecular weight is 156 g/mol. The third kappa shape index (κ3) is 2.60. The smallest absolute Gasteiger partial charge is 0.143 e. The number of carbonyl (C=O) groups is 1. The van der Waals surface area contributed by atoms with Gasteiger partial charge < -0.3 is 10.6 Å². The summed E-state index contributed by atoms with van der Waals surface area (Å²) in [5.74, 6) is 0.207. The molecule has 0 bridgehead atoms. The van der Waals surface area contributed by atoms with Crippen LogP contribution in [-0.4, -0.2) is 31.0 Å². The number of carbonyl (C=O) groups excluding carboxylic acids is 1. The maximum Gasteiger partial charge on any atom is 0.143 e. The highest BCUT2D eigenvalue weighted by molar-refractivity contribution is 5.77. The van der Waals surface area contributed by atoms with E-state index in [2.05, 4.69) is 17.6 Å². The summed E-state index contributed by atoms with van der Waals surface area (Å²) >= 11 is 0. The fourth-order valence-electron chi connectivity index (χ4n) is 1.31. The van der Waals surface area contributed by atoms with Gasteiger partial charge in [-0.3, -0.25) is 4.79 Å². The molecule has 1 heterocycles. The lowest BCUT2D eigenvalue weighted by Gasteiger charge is -2.23. The van der Waals surface area contributed by atoms with E-state index in [1.807, 2.05) is 0 Å². The first-order valence-electron chi connectivity index (χ1n) is 4.08. The molecule has 0 unspecified atom stereocenters. The van der Waals surface area contributed by atoms with Gasteiger partial charge in [0.15, 0.2) is 0 Å². The summed E-state index contributed by atoms with van der Waals surface area (Å²) < 4.78 is 0. The monoisotopic (exact) mass is 156 g/mol. The van der Waals surface area contributed by atoms with Crippen LogP contribution in [0.1, 0.15) is 20.3 Å². The van der Waals surface area contributed by atoms with Crippen LogP contribution in [0.15, 0.2) is 0 Å². The lowest BCUT2D eigenvalue weighted by molar-refractivity contribution is -0.116. The van der Waals surface area contributed by atoms with Crippen LogP contribution in [0.25, 0.3) is 0 Å². The first kappa shape index (κ1) is 8.68. The van der Waals surface area contributed by atoms with Crippen molar-refractivity contribution in [2.24, 2.45) is 0 Å². The highest BCUT2D eigenvalue weighted by Gasteiger charge is 2.27. The Bertz CT molecular complexity index is 150. The largest absolute Gasteiger partial charge is 0.315 e. The quantitative estimate of drug-likeness (QED) is 0.600. The summed E-state index contributed by atoms with van der Waals surface area (Å²) in [5, 5.41) is 6.51. The van der Waals surface area contributed by atoms with Gasteiger partial charge in [0.1, 0.15) is 5.78 Å². The van der Waals surface area contributed by atoms with E-state index in [1.54, 1.807) is 6.92 Å². The Morgan fingerprint density at radius 2 is 2.45 bits per heavy atom. The molecule has 1 fully saturated rings. The van der Waals surface area contributed by atoms with Crippen LogP contribution in [0.3, 0.4) is 0 Å². The van der Waals surface area contributed by atoms with Crippen molar-refractivity contribution in [2.75, 3.05) is 19.6 Å². The minimum absolute atomic E-state index is 0.145. The number of ketones is 1. The molecule has 0 aromatic carbocycles. The molecule has 1 atom stereocenters. The van der Waals surface area contributed by atoms with Crippen LogP contribution < -0.4 is 10.6 Å². The molecular weight excluding hydrogens is 140 g/mol. The van der Waals surface area contributed by atoms with Crippen LogP contribution in [0.4, 0.5) is 0 Å². The molecule has 0 radical (unpaired) electrons. The third-order valence-corrected chi connectivity index (χ3v) is 2.13. The summed E-state index contributed by atoms with van der Waals surface area (Å²) in [6.07, 6.45) is 1.11. The molecule has 0 aromatic rings. The molecular formula is C8H16N2O. The van der Waals surface area contributed by atoms with Crippen molar-refractivity contribution in [2.45, 2.75) is 25.8 Å². The predicted molar refractivity (Wildman–Crippen MR) is 44.6 cm³/mol. The SMILES string of the molecule is CC(=O)CN[C@@]1(C)CCNC1. The first-order chi connectivity index (χ1) is 5.12. The van der Waals surface area contributed by atoms with Gasteiger partial charge in [-0.15, -0.1) is 0 Å². The molecule has 1 rings (SSSR count). The van der Waals surface area contributed by atoms with Crippen molar-refractivity contribution < 1.29 is 4.79 Å². The fraction of sp³-hybridized carbons (Fsp3) is 0.875. The second kappa shape index (κ2) is 3.32. The minimum atomic E-state index is 0.145. The Kier molecular flexibility index (Phi) is 2.62. The Balaban J connectivity index is 2.28. The van der Waals surface area contributed by atoms with Crippen molar-refractivity contribution in [3.8, 4) is 0 Å². The van der Waals surface area contributed by atoms with Gasteiger partial charge >= 0.3 is 0 Å². The Morgan fingerprint density at radius 1 is 1.73 bits per heavy atom. The van der Waals surface area contributed by atoms with Gasteiger partial charge in [-0.2, -0.15) is 0 Å². The molecule has 0 aromatic heterocycles. The molecule has 0 spiro atoms. The van der Waals surface area contributed by atoms with Crippen LogP contribution in [-0.2, 0) is 4.79 Å². The van der Waals surface area contributed by atoms with E-state index in [9.17, 15) is 4.79 Å². The second-order valence-electron chi connectivity index (χ2n) is 3.54. The van der Waals surface area contributed by atoms with E-state index in [0.717, 1.165) is 19.5 Å². The molecule has 1 aliphatic heterocycles.